The van der Waals surface area contributed by atoms with Gasteiger partial charge in [0.2, 0.25) is 0 Å². The number of carbonyl (C=O) groups is 1. The van der Waals surface area contributed by atoms with E-state index in [4.69, 9.17) is 4.74 Å². The molecule has 1 aliphatic heterocycles. The molecule has 28 heavy (non-hydrogen) atoms. The van der Waals surface area contributed by atoms with Crippen molar-refractivity contribution < 1.29 is 14.6 Å². The molecule has 0 aliphatic carbocycles. The van der Waals surface area contributed by atoms with Crippen molar-refractivity contribution in [1.29, 1.82) is 0 Å². The van der Waals surface area contributed by atoms with E-state index in [9.17, 15) is 9.90 Å². The summed E-state index contributed by atoms with van der Waals surface area (Å²) < 4.78 is 5.57. The number of hydrogen-bond acceptors (Lipinski definition) is 5. The number of ketones is 1. The van der Waals surface area contributed by atoms with E-state index in [-0.39, 0.29) is 18.3 Å². The van der Waals surface area contributed by atoms with E-state index in [0.29, 0.717) is 6.61 Å². The molecule has 1 N–H and O–H groups in total. The second-order valence-electron chi connectivity index (χ2n) is 7.20. The van der Waals surface area contributed by atoms with Crippen LogP contribution >= 0.6 is 11.8 Å². The Balaban J connectivity index is 1.65. The van der Waals surface area contributed by atoms with Crippen molar-refractivity contribution in [2.75, 3.05) is 26.0 Å². The molecular weight excluding hydrogens is 370 g/mol. The first-order valence-corrected chi connectivity index (χ1v) is 11.1. The van der Waals surface area contributed by atoms with Crippen molar-refractivity contribution in [2.45, 2.75) is 37.8 Å². The highest BCUT2D eigenvalue weighted by atomic mass is 32.2. The van der Waals surface area contributed by atoms with Gasteiger partial charge in [0, 0.05) is 35.0 Å². The average Bonchev–Trinajstić information content (AvgIpc) is 2.74. The lowest BCUT2D eigenvalue weighted by Gasteiger charge is -2.32. The maximum Gasteiger partial charge on any atom is 0.167 e. The summed E-state index contributed by atoms with van der Waals surface area (Å²) in [6.07, 6.45) is 4.02. The first-order chi connectivity index (χ1) is 13.6. The first-order valence-electron chi connectivity index (χ1n) is 9.90. The van der Waals surface area contributed by atoms with E-state index in [1.165, 1.54) is 4.90 Å². The highest BCUT2D eigenvalue weighted by Gasteiger charge is 2.26. The molecule has 1 aliphatic rings. The predicted octanol–water partition coefficient (Wildman–Crippen LogP) is 4.39. The van der Waals surface area contributed by atoms with Crippen LogP contribution in [0.2, 0.25) is 0 Å². The molecule has 0 bridgehead atoms. The number of benzene rings is 2. The molecule has 2 aromatic rings. The minimum Gasteiger partial charge on any atom is -0.494 e. The van der Waals surface area contributed by atoms with E-state index in [0.717, 1.165) is 54.9 Å². The maximum absolute atomic E-state index is 12.9. The van der Waals surface area contributed by atoms with Crippen molar-refractivity contribution in [1.82, 2.24) is 4.90 Å². The highest BCUT2D eigenvalue weighted by Crippen LogP contribution is 2.26. The topological polar surface area (TPSA) is 49.8 Å². The zero-order valence-corrected chi connectivity index (χ0v) is 17.5. The van der Waals surface area contributed by atoms with Crippen LogP contribution in [-0.2, 0) is 13.2 Å². The number of likely N-dealkylation sites (tertiary alicyclic amines) is 1. The quantitative estimate of drug-likeness (QED) is 0.527. The number of Topliss-reactive ketones (excluding diaryl/α,β-unsaturated/α-hetero) is 1. The number of hydrogen-bond donors (Lipinski definition) is 1. The summed E-state index contributed by atoms with van der Waals surface area (Å²) in [7, 11) is 0. The molecule has 1 saturated heterocycles. The zero-order chi connectivity index (χ0) is 19.9. The monoisotopic (exact) mass is 399 g/mol. The summed E-state index contributed by atoms with van der Waals surface area (Å²) in [4.78, 5) is 16.5. The molecular formula is C23H29NO3S. The van der Waals surface area contributed by atoms with E-state index in [1.54, 1.807) is 11.8 Å². The predicted molar refractivity (Wildman–Crippen MR) is 114 cm³/mol. The maximum atomic E-state index is 12.9. The van der Waals surface area contributed by atoms with Gasteiger partial charge in [-0.1, -0.05) is 18.2 Å². The van der Waals surface area contributed by atoms with E-state index in [1.807, 2.05) is 49.6 Å². The molecule has 0 spiro atoms. The largest absolute Gasteiger partial charge is 0.494 e. The standard InChI is InChI=1S/C23H29NO3S/c1-3-27-22-11-6-17(13-20(22)16-25)14-24-12-4-5-19(15-24)23(26)18-7-9-21(28-2)10-8-18/h6-11,13,19,25H,3-5,12,14-16H2,1-2H3. The molecule has 2 aromatic carbocycles. The number of aliphatic hydroxyl groups is 1. The summed E-state index contributed by atoms with van der Waals surface area (Å²) in [6, 6.07) is 13.9. The Morgan fingerprint density at radius 2 is 2.04 bits per heavy atom. The minimum absolute atomic E-state index is 0.0314. The van der Waals surface area contributed by atoms with Crippen LogP contribution in [0, 0.1) is 5.92 Å². The minimum atomic E-state index is -0.0314. The molecule has 1 atom stereocenters. The smallest absolute Gasteiger partial charge is 0.167 e. The van der Waals surface area contributed by atoms with Gasteiger partial charge in [-0.25, -0.2) is 0 Å². The number of nitrogens with zero attached hydrogens (tertiary/aromatic N) is 1. The Kier molecular flexibility index (Phi) is 7.54. The second kappa shape index (κ2) is 10.1. The Morgan fingerprint density at radius 3 is 2.71 bits per heavy atom. The molecule has 1 fully saturated rings. The summed E-state index contributed by atoms with van der Waals surface area (Å²) >= 11 is 1.69. The van der Waals surface area contributed by atoms with Crippen molar-refractivity contribution in [2.24, 2.45) is 5.92 Å². The van der Waals surface area contributed by atoms with Crippen LogP contribution in [-0.4, -0.2) is 41.7 Å². The summed E-state index contributed by atoms with van der Waals surface area (Å²) in [5.41, 5.74) is 2.77. The first kappa shape index (κ1) is 20.9. The molecule has 1 unspecified atom stereocenters. The van der Waals surface area contributed by atoms with Crippen LogP contribution in [0.15, 0.2) is 47.4 Å². The van der Waals surface area contributed by atoms with E-state index >= 15 is 0 Å². The van der Waals surface area contributed by atoms with Gasteiger partial charge in [0.1, 0.15) is 5.75 Å². The lowest BCUT2D eigenvalue weighted by atomic mass is 9.90. The van der Waals surface area contributed by atoms with Crippen molar-refractivity contribution in [3.8, 4) is 5.75 Å². The molecule has 150 valence electrons. The van der Waals surface area contributed by atoms with E-state index in [2.05, 4.69) is 11.0 Å². The molecule has 0 aromatic heterocycles. The Morgan fingerprint density at radius 1 is 1.25 bits per heavy atom. The number of thioether (sulfide) groups is 1. The van der Waals surface area contributed by atoms with Gasteiger partial charge in [-0.05, 0) is 62.4 Å². The summed E-state index contributed by atoms with van der Waals surface area (Å²) in [6.45, 7) is 5.06. The number of rotatable bonds is 8. The Hall–Kier alpha value is -1.82. The number of ether oxygens (including phenoxy) is 1. The number of piperidine rings is 1. The fourth-order valence-electron chi connectivity index (χ4n) is 3.81. The van der Waals surface area contributed by atoms with Gasteiger partial charge in [-0.15, -0.1) is 11.8 Å². The second-order valence-corrected chi connectivity index (χ2v) is 8.08. The van der Waals surface area contributed by atoms with Gasteiger partial charge in [0.15, 0.2) is 5.78 Å². The Bertz CT molecular complexity index is 791. The van der Waals surface area contributed by atoms with Crippen LogP contribution < -0.4 is 4.74 Å². The highest BCUT2D eigenvalue weighted by molar-refractivity contribution is 7.98. The van der Waals surface area contributed by atoms with Gasteiger partial charge in [0.05, 0.1) is 13.2 Å². The fourth-order valence-corrected chi connectivity index (χ4v) is 4.22. The zero-order valence-electron chi connectivity index (χ0n) is 16.7. The summed E-state index contributed by atoms with van der Waals surface area (Å²) in [5, 5.41) is 9.61. The van der Waals surface area contributed by atoms with Gasteiger partial charge >= 0.3 is 0 Å². The molecule has 3 rings (SSSR count). The van der Waals surface area contributed by atoms with Crippen LogP contribution in [0.4, 0.5) is 0 Å². The van der Waals surface area contributed by atoms with Crippen LogP contribution in [0.25, 0.3) is 0 Å². The third kappa shape index (κ3) is 5.16. The van der Waals surface area contributed by atoms with Crippen LogP contribution in [0.5, 0.6) is 5.75 Å². The summed E-state index contributed by atoms with van der Waals surface area (Å²) in [5.74, 6) is 1.04. The number of carbonyl (C=O) groups excluding carboxylic acids is 1. The normalized spacial score (nSPS) is 17.5. The van der Waals surface area contributed by atoms with Crippen molar-refractivity contribution >= 4 is 17.5 Å². The molecule has 0 saturated carbocycles. The Labute approximate surface area is 171 Å². The van der Waals surface area contributed by atoms with E-state index < -0.39 is 0 Å². The third-order valence-electron chi connectivity index (χ3n) is 5.25. The van der Waals surface area contributed by atoms with Gasteiger partial charge in [-0.3, -0.25) is 9.69 Å². The van der Waals surface area contributed by atoms with Crippen LogP contribution in [0.3, 0.4) is 0 Å². The van der Waals surface area contributed by atoms with Gasteiger partial charge < -0.3 is 9.84 Å². The lowest BCUT2D eigenvalue weighted by molar-refractivity contribution is 0.0811. The molecule has 0 amide bonds. The molecule has 0 radical (unpaired) electrons. The fraction of sp³-hybridized carbons (Fsp3) is 0.435. The molecule has 4 nitrogen and oxygen atoms in total. The van der Waals surface area contributed by atoms with Crippen LogP contribution in [0.1, 0.15) is 41.3 Å². The molecule has 1 heterocycles. The lowest BCUT2D eigenvalue weighted by Crippen LogP contribution is -2.38. The SMILES string of the molecule is CCOc1ccc(CN2CCCC(C(=O)c3ccc(SC)cc3)C2)cc1CO. The third-order valence-corrected chi connectivity index (χ3v) is 6.00. The molecule has 5 heteroatoms. The van der Waals surface area contributed by atoms with Gasteiger partial charge in [-0.2, -0.15) is 0 Å². The van der Waals surface area contributed by atoms with Gasteiger partial charge in [0.25, 0.3) is 0 Å². The van der Waals surface area contributed by atoms with Crippen molar-refractivity contribution in [3.63, 3.8) is 0 Å². The number of aliphatic hydroxyl groups excluding tert-OH is 1. The van der Waals surface area contributed by atoms with Crippen molar-refractivity contribution in [3.05, 3.63) is 59.2 Å². The average molecular weight is 400 g/mol.